The number of nitrogens with one attached hydrogen (secondary N) is 1. The van der Waals surface area contributed by atoms with E-state index < -0.39 is 0 Å². The van der Waals surface area contributed by atoms with E-state index in [0.29, 0.717) is 17.3 Å². The number of nitrogens with zero attached hydrogens (tertiary/aromatic N) is 1. The van der Waals surface area contributed by atoms with Crippen molar-refractivity contribution in [2.24, 2.45) is 11.3 Å². The Kier molecular flexibility index (Phi) is 3.19. The first kappa shape index (κ1) is 13.4. The van der Waals surface area contributed by atoms with Crippen molar-refractivity contribution >= 4 is 11.4 Å². The lowest BCUT2D eigenvalue weighted by Gasteiger charge is -2.42. The number of nitro benzene ring substituents is 1. The standard InChI is InChI=1S/C16H22N2O2/c1-16(2)9-4-3-7-13(16)12-10-17-15-11(12)6-5-8-14(15)18(19)20/h5-6,8,12-13,17H,3-4,7,9-10H2,1-2H3. The highest BCUT2D eigenvalue weighted by atomic mass is 16.6. The van der Waals surface area contributed by atoms with Crippen LogP contribution in [0.4, 0.5) is 11.4 Å². The van der Waals surface area contributed by atoms with Crippen molar-refractivity contribution in [2.75, 3.05) is 11.9 Å². The average Bonchev–Trinajstić information content (AvgIpc) is 2.81. The molecule has 0 spiro atoms. The van der Waals surface area contributed by atoms with Crippen molar-refractivity contribution < 1.29 is 4.92 Å². The van der Waals surface area contributed by atoms with Gasteiger partial charge >= 0.3 is 0 Å². The molecule has 108 valence electrons. The van der Waals surface area contributed by atoms with Gasteiger partial charge in [0.25, 0.3) is 5.69 Å². The molecular weight excluding hydrogens is 252 g/mol. The maximum Gasteiger partial charge on any atom is 0.292 e. The van der Waals surface area contributed by atoms with Crippen molar-refractivity contribution in [3.63, 3.8) is 0 Å². The highest BCUT2D eigenvalue weighted by molar-refractivity contribution is 5.70. The van der Waals surface area contributed by atoms with Crippen LogP contribution in [0.2, 0.25) is 0 Å². The van der Waals surface area contributed by atoms with E-state index in [0.717, 1.165) is 17.8 Å². The summed E-state index contributed by atoms with van der Waals surface area (Å²) in [5.74, 6) is 1.03. The molecule has 1 aliphatic heterocycles. The van der Waals surface area contributed by atoms with Gasteiger partial charge in [-0.3, -0.25) is 10.1 Å². The van der Waals surface area contributed by atoms with Gasteiger partial charge in [-0.25, -0.2) is 0 Å². The van der Waals surface area contributed by atoms with Gasteiger partial charge in [0.05, 0.1) is 4.92 Å². The first-order valence-corrected chi connectivity index (χ1v) is 7.52. The predicted octanol–water partition coefficient (Wildman–Crippen LogP) is 4.32. The van der Waals surface area contributed by atoms with Gasteiger partial charge in [0.15, 0.2) is 0 Å². The lowest BCUT2D eigenvalue weighted by Crippen LogP contribution is -2.33. The van der Waals surface area contributed by atoms with Gasteiger partial charge in [0.2, 0.25) is 0 Å². The maximum atomic E-state index is 11.1. The minimum absolute atomic E-state index is 0.221. The molecule has 2 unspecified atom stereocenters. The molecule has 0 saturated heterocycles. The molecule has 0 amide bonds. The Hall–Kier alpha value is -1.58. The van der Waals surface area contributed by atoms with Crippen LogP contribution >= 0.6 is 0 Å². The van der Waals surface area contributed by atoms with E-state index in [1.807, 2.05) is 6.07 Å². The third-order valence-electron chi connectivity index (χ3n) is 5.25. The molecule has 4 nitrogen and oxygen atoms in total. The van der Waals surface area contributed by atoms with E-state index >= 15 is 0 Å². The van der Waals surface area contributed by atoms with E-state index in [4.69, 9.17) is 0 Å². The van der Waals surface area contributed by atoms with Crippen LogP contribution in [0.15, 0.2) is 18.2 Å². The zero-order chi connectivity index (χ0) is 14.3. The van der Waals surface area contributed by atoms with Crippen LogP contribution in [-0.4, -0.2) is 11.5 Å². The smallest absolute Gasteiger partial charge is 0.292 e. The van der Waals surface area contributed by atoms with Gasteiger partial charge < -0.3 is 5.32 Å². The lowest BCUT2D eigenvalue weighted by molar-refractivity contribution is -0.383. The van der Waals surface area contributed by atoms with E-state index in [9.17, 15) is 10.1 Å². The molecule has 20 heavy (non-hydrogen) atoms. The SMILES string of the molecule is CC1(C)CCCCC1C1CNc2c1cccc2[N+](=O)[O-]. The van der Waals surface area contributed by atoms with Gasteiger partial charge in [0, 0.05) is 18.5 Å². The number of para-hydroxylation sites is 1. The molecule has 1 aromatic carbocycles. The molecule has 0 aromatic heterocycles. The van der Waals surface area contributed by atoms with Crippen LogP contribution in [-0.2, 0) is 0 Å². The molecule has 1 saturated carbocycles. The molecule has 2 atom stereocenters. The van der Waals surface area contributed by atoms with Gasteiger partial charge in [-0.05, 0) is 29.7 Å². The fourth-order valence-electron chi connectivity index (χ4n) is 4.16. The zero-order valence-corrected chi connectivity index (χ0v) is 12.2. The molecule has 1 aromatic rings. The van der Waals surface area contributed by atoms with E-state index in [1.54, 1.807) is 6.07 Å². The zero-order valence-electron chi connectivity index (χ0n) is 12.2. The highest BCUT2D eigenvalue weighted by Gasteiger charge is 2.42. The topological polar surface area (TPSA) is 55.2 Å². The Morgan fingerprint density at radius 3 is 2.85 bits per heavy atom. The summed E-state index contributed by atoms with van der Waals surface area (Å²) >= 11 is 0. The first-order valence-electron chi connectivity index (χ1n) is 7.52. The van der Waals surface area contributed by atoms with Crippen molar-refractivity contribution in [1.29, 1.82) is 0 Å². The fourth-order valence-corrected chi connectivity index (χ4v) is 4.16. The summed E-state index contributed by atoms with van der Waals surface area (Å²) in [5, 5.41) is 14.4. The van der Waals surface area contributed by atoms with Crippen molar-refractivity contribution in [3.8, 4) is 0 Å². The van der Waals surface area contributed by atoms with Crippen molar-refractivity contribution in [2.45, 2.75) is 45.4 Å². The highest BCUT2D eigenvalue weighted by Crippen LogP contribution is 2.52. The second kappa shape index (κ2) is 4.76. The molecule has 0 bridgehead atoms. The number of benzene rings is 1. The van der Waals surface area contributed by atoms with E-state index in [1.165, 1.54) is 25.7 Å². The quantitative estimate of drug-likeness (QED) is 0.645. The normalized spacial score (nSPS) is 27.7. The second-order valence-corrected chi connectivity index (χ2v) is 6.83. The first-order chi connectivity index (χ1) is 9.50. The monoisotopic (exact) mass is 274 g/mol. The second-order valence-electron chi connectivity index (χ2n) is 6.83. The van der Waals surface area contributed by atoms with Crippen LogP contribution in [0, 0.1) is 21.4 Å². The fraction of sp³-hybridized carbons (Fsp3) is 0.625. The van der Waals surface area contributed by atoms with Gasteiger partial charge in [-0.15, -0.1) is 0 Å². The van der Waals surface area contributed by atoms with Gasteiger partial charge in [0.1, 0.15) is 5.69 Å². The Labute approximate surface area is 119 Å². The summed E-state index contributed by atoms with van der Waals surface area (Å²) < 4.78 is 0. The molecule has 0 radical (unpaired) electrons. The molecule has 1 fully saturated rings. The number of nitro groups is 1. The molecule has 1 N–H and O–H groups in total. The number of rotatable bonds is 2. The summed E-state index contributed by atoms with van der Waals surface area (Å²) in [7, 11) is 0. The largest absolute Gasteiger partial charge is 0.379 e. The maximum absolute atomic E-state index is 11.1. The van der Waals surface area contributed by atoms with E-state index in [-0.39, 0.29) is 10.6 Å². The minimum Gasteiger partial charge on any atom is -0.379 e. The van der Waals surface area contributed by atoms with Crippen LogP contribution < -0.4 is 5.32 Å². The summed E-state index contributed by atoms with van der Waals surface area (Å²) in [6, 6.07) is 5.49. The van der Waals surface area contributed by atoms with Crippen LogP contribution in [0.25, 0.3) is 0 Å². The summed E-state index contributed by atoms with van der Waals surface area (Å²) in [6.07, 6.45) is 5.10. The number of hydrogen-bond acceptors (Lipinski definition) is 3. The predicted molar refractivity (Wildman–Crippen MR) is 80.1 cm³/mol. The average molecular weight is 274 g/mol. The third-order valence-corrected chi connectivity index (χ3v) is 5.25. The summed E-state index contributed by atoms with van der Waals surface area (Å²) in [4.78, 5) is 10.9. The van der Waals surface area contributed by atoms with Crippen molar-refractivity contribution in [1.82, 2.24) is 0 Å². The molecule has 4 heteroatoms. The van der Waals surface area contributed by atoms with Crippen LogP contribution in [0.1, 0.15) is 51.0 Å². The Bertz CT molecular complexity index is 539. The lowest BCUT2D eigenvalue weighted by atomic mass is 9.63. The Morgan fingerprint density at radius 1 is 1.35 bits per heavy atom. The third kappa shape index (κ3) is 2.07. The number of fused-ring (bicyclic) bond motifs is 1. The van der Waals surface area contributed by atoms with Gasteiger partial charge in [-0.1, -0.05) is 38.8 Å². The van der Waals surface area contributed by atoms with Crippen LogP contribution in [0.3, 0.4) is 0 Å². The number of hydrogen-bond donors (Lipinski definition) is 1. The molecule has 1 aliphatic carbocycles. The van der Waals surface area contributed by atoms with Crippen LogP contribution in [0.5, 0.6) is 0 Å². The van der Waals surface area contributed by atoms with Crippen molar-refractivity contribution in [3.05, 3.63) is 33.9 Å². The number of anilines is 1. The van der Waals surface area contributed by atoms with E-state index in [2.05, 4.69) is 25.2 Å². The summed E-state index contributed by atoms with van der Waals surface area (Å²) in [5.41, 5.74) is 2.46. The Balaban J connectivity index is 1.97. The molecular formula is C16H22N2O2. The minimum atomic E-state index is -0.278. The molecule has 1 heterocycles. The summed E-state index contributed by atoms with van der Waals surface area (Å²) in [6.45, 7) is 5.55. The molecule has 2 aliphatic rings. The Morgan fingerprint density at radius 2 is 2.15 bits per heavy atom. The molecule has 3 rings (SSSR count). The van der Waals surface area contributed by atoms with Gasteiger partial charge in [-0.2, -0.15) is 0 Å².